The highest BCUT2D eigenvalue weighted by Crippen LogP contribution is 2.34. The molecule has 0 aromatic rings. The molecule has 0 saturated heterocycles. The van der Waals surface area contributed by atoms with Gasteiger partial charge in [0, 0.05) is 40.0 Å². The Morgan fingerprint density at radius 3 is 2.52 bits per heavy atom. The molecule has 0 aromatic carbocycles. The smallest absolute Gasteiger partial charge is 0.0672 e. The number of rotatable bonds is 10. The fraction of sp³-hybridized carbons (Fsp3) is 0.941. The third-order valence-electron chi connectivity index (χ3n) is 4.63. The highest BCUT2D eigenvalue weighted by Gasteiger charge is 2.33. The molecule has 1 rings (SSSR count). The van der Waals surface area contributed by atoms with Crippen LogP contribution in [0.15, 0.2) is 0 Å². The fourth-order valence-corrected chi connectivity index (χ4v) is 3.52. The van der Waals surface area contributed by atoms with E-state index < -0.39 is 0 Å². The molecule has 1 aliphatic carbocycles. The lowest BCUT2D eigenvalue weighted by atomic mass is 9.76. The van der Waals surface area contributed by atoms with Gasteiger partial charge in [0.2, 0.25) is 0 Å². The molecule has 21 heavy (non-hydrogen) atoms. The van der Waals surface area contributed by atoms with Gasteiger partial charge in [-0.2, -0.15) is 5.26 Å². The normalized spacial score (nSPS) is 26.0. The van der Waals surface area contributed by atoms with Crippen LogP contribution in [0, 0.1) is 23.2 Å². The molecule has 0 heterocycles. The molecule has 0 radical (unpaired) electrons. The summed E-state index contributed by atoms with van der Waals surface area (Å²) < 4.78 is 10.4. The molecule has 0 aliphatic heterocycles. The van der Waals surface area contributed by atoms with E-state index in [0.29, 0.717) is 6.04 Å². The molecule has 0 aromatic heterocycles. The van der Waals surface area contributed by atoms with Crippen LogP contribution in [-0.2, 0) is 9.47 Å². The Morgan fingerprint density at radius 2 is 1.90 bits per heavy atom. The van der Waals surface area contributed by atoms with Gasteiger partial charge in [-0.3, -0.25) is 4.90 Å². The van der Waals surface area contributed by atoms with Crippen molar-refractivity contribution in [2.45, 2.75) is 51.5 Å². The lowest BCUT2D eigenvalue weighted by Crippen LogP contribution is -2.46. The van der Waals surface area contributed by atoms with E-state index in [1.807, 2.05) is 0 Å². The van der Waals surface area contributed by atoms with Crippen molar-refractivity contribution >= 4 is 0 Å². The molecule has 3 unspecified atom stereocenters. The molecule has 0 N–H and O–H groups in total. The van der Waals surface area contributed by atoms with Crippen LogP contribution in [0.4, 0.5) is 0 Å². The molecule has 1 fully saturated rings. The summed E-state index contributed by atoms with van der Waals surface area (Å²) in [6.07, 6.45) is 7.01. The second-order valence-corrected chi connectivity index (χ2v) is 6.15. The van der Waals surface area contributed by atoms with Crippen LogP contribution in [-0.4, -0.2) is 51.5 Å². The fourth-order valence-electron chi connectivity index (χ4n) is 3.52. The van der Waals surface area contributed by atoms with Crippen molar-refractivity contribution in [1.82, 2.24) is 4.90 Å². The van der Waals surface area contributed by atoms with E-state index in [0.717, 1.165) is 45.1 Å². The first-order chi connectivity index (χ1) is 10.3. The molecule has 0 spiro atoms. The number of hydrogen-bond donors (Lipinski definition) is 0. The van der Waals surface area contributed by atoms with Crippen molar-refractivity contribution in [3.05, 3.63) is 0 Å². The zero-order valence-corrected chi connectivity index (χ0v) is 14.0. The first kappa shape index (κ1) is 18.4. The van der Waals surface area contributed by atoms with Crippen molar-refractivity contribution in [2.24, 2.45) is 11.8 Å². The zero-order valence-electron chi connectivity index (χ0n) is 14.0. The van der Waals surface area contributed by atoms with Gasteiger partial charge in [-0.25, -0.2) is 0 Å². The number of nitriles is 1. The van der Waals surface area contributed by atoms with Gasteiger partial charge in [0.1, 0.15) is 0 Å². The largest absolute Gasteiger partial charge is 0.385 e. The van der Waals surface area contributed by atoms with Crippen molar-refractivity contribution in [3.8, 4) is 6.07 Å². The monoisotopic (exact) mass is 296 g/mol. The van der Waals surface area contributed by atoms with Crippen LogP contribution in [0.5, 0.6) is 0 Å². The van der Waals surface area contributed by atoms with E-state index in [-0.39, 0.29) is 5.92 Å². The Hall–Kier alpha value is -0.630. The van der Waals surface area contributed by atoms with Gasteiger partial charge in [0.25, 0.3) is 0 Å². The number of ether oxygens (including phenoxy) is 2. The molecule has 0 bridgehead atoms. The van der Waals surface area contributed by atoms with Crippen molar-refractivity contribution in [2.75, 3.05) is 40.5 Å². The van der Waals surface area contributed by atoms with E-state index in [2.05, 4.69) is 17.9 Å². The maximum Gasteiger partial charge on any atom is 0.0672 e. The van der Waals surface area contributed by atoms with Crippen molar-refractivity contribution < 1.29 is 9.47 Å². The second-order valence-electron chi connectivity index (χ2n) is 6.15. The highest BCUT2D eigenvalue weighted by molar-refractivity contribution is 4.97. The highest BCUT2D eigenvalue weighted by atomic mass is 16.5. The second kappa shape index (κ2) is 11.0. The Balaban J connectivity index is 2.65. The molecule has 1 saturated carbocycles. The van der Waals surface area contributed by atoms with Gasteiger partial charge in [-0.15, -0.1) is 0 Å². The van der Waals surface area contributed by atoms with Crippen LogP contribution in [0.2, 0.25) is 0 Å². The van der Waals surface area contributed by atoms with Gasteiger partial charge in [-0.1, -0.05) is 19.8 Å². The van der Waals surface area contributed by atoms with Crippen LogP contribution in [0.25, 0.3) is 0 Å². The summed E-state index contributed by atoms with van der Waals surface area (Å²) in [7, 11) is 3.49. The minimum absolute atomic E-state index is 0.178. The molecular weight excluding hydrogens is 264 g/mol. The van der Waals surface area contributed by atoms with Crippen LogP contribution < -0.4 is 0 Å². The number of nitrogens with zero attached hydrogens (tertiary/aromatic N) is 2. The summed E-state index contributed by atoms with van der Waals surface area (Å²) in [5, 5.41) is 9.49. The van der Waals surface area contributed by atoms with Gasteiger partial charge in [-0.05, 0) is 31.6 Å². The topological polar surface area (TPSA) is 45.5 Å². The zero-order chi connectivity index (χ0) is 15.5. The summed E-state index contributed by atoms with van der Waals surface area (Å²) in [5.74, 6) is 0.967. The third-order valence-corrected chi connectivity index (χ3v) is 4.63. The van der Waals surface area contributed by atoms with Crippen LogP contribution in [0.3, 0.4) is 0 Å². The molecule has 0 amide bonds. The lowest BCUT2D eigenvalue weighted by molar-refractivity contribution is 0.0607. The summed E-state index contributed by atoms with van der Waals surface area (Å²) in [6.45, 7) is 5.69. The van der Waals surface area contributed by atoms with E-state index in [4.69, 9.17) is 9.47 Å². The number of hydrogen-bond acceptors (Lipinski definition) is 4. The maximum absolute atomic E-state index is 9.49. The SMILES string of the molecule is CCCC1CCC(C#N)C(N(CCCOC)CCOC)C1. The first-order valence-electron chi connectivity index (χ1n) is 8.38. The Kier molecular flexibility index (Phi) is 9.65. The van der Waals surface area contributed by atoms with Crippen LogP contribution >= 0.6 is 0 Å². The molecule has 4 heteroatoms. The van der Waals surface area contributed by atoms with Gasteiger partial charge in [0.05, 0.1) is 18.6 Å². The predicted molar refractivity (Wildman–Crippen MR) is 85.1 cm³/mol. The van der Waals surface area contributed by atoms with Gasteiger partial charge < -0.3 is 9.47 Å². The Morgan fingerprint density at radius 1 is 1.14 bits per heavy atom. The number of methoxy groups -OCH3 is 2. The van der Waals surface area contributed by atoms with Crippen LogP contribution in [0.1, 0.15) is 45.4 Å². The van der Waals surface area contributed by atoms with Gasteiger partial charge >= 0.3 is 0 Å². The summed E-state index contributed by atoms with van der Waals surface area (Å²) in [6, 6.07) is 2.95. The van der Waals surface area contributed by atoms with Crippen molar-refractivity contribution in [3.63, 3.8) is 0 Å². The molecule has 122 valence electrons. The molecule has 4 nitrogen and oxygen atoms in total. The van der Waals surface area contributed by atoms with E-state index in [9.17, 15) is 5.26 Å². The van der Waals surface area contributed by atoms with E-state index in [1.54, 1.807) is 14.2 Å². The predicted octanol–water partition coefficient (Wildman–Crippen LogP) is 3.08. The summed E-state index contributed by atoms with van der Waals surface area (Å²) >= 11 is 0. The summed E-state index contributed by atoms with van der Waals surface area (Å²) in [5.41, 5.74) is 0. The standard InChI is InChI=1S/C17H32N2O2/c1-4-6-15-7-8-16(14-18)17(13-15)19(10-12-21-3)9-5-11-20-2/h15-17H,4-13H2,1-3H3. The van der Waals surface area contributed by atoms with E-state index in [1.165, 1.54) is 25.7 Å². The lowest BCUT2D eigenvalue weighted by Gasteiger charge is -2.40. The maximum atomic E-state index is 9.49. The molecule has 3 atom stereocenters. The van der Waals surface area contributed by atoms with Crippen molar-refractivity contribution in [1.29, 1.82) is 5.26 Å². The summed E-state index contributed by atoms with van der Waals surface area (Å²) in [4.78, 5) is 2.47. The average molecular weight is 296 g/mol. The molecular formula is C17H32N2O2. The Labute approximate surface area is 130 Å². The minimum atomic E-state index is 0.178. The quantitative estimate of drug-likeness (QED) is 0.581. The third kappa shape index (κ3) is 6.34. The van der Waals surface area contributed by atoms with Gasteiger partial charge in [0.15, 0.2) is 0 Å². The van der Waals surface area contributed by atoms with E-state index >= 15 is 0 Å². The molecule has 1 aliphatic rings. The first-order valence-corrected chi connectivity index (χ1v) is 8.38. The average Bonchev–Trinajstić information content (AvgIpc) is 2.51. The Bertz CT molecular complexity index is 304. The minimum Gasteiger partial charge on any atom is -0.385 e.